The summed E-state index contributed by atoms with van der Waals surface area (Å²) < 4.78 is 0.623. The molecule has 1 heterocycles. The Morgan fingerprint density at radius 2 is 1.82 bits per heavy atom. The molecule has 0 aliphatic rings. The molecule has 1 aromatic rings. The topological polar surface area (TPSA) is 55.1 Å². The molecule has 0 unspecified atom stereocenters. The molecule has 1 rings (SSSR count). The van der Waals surface area contributed by atoms with Gasteiger partial charge >= 0.3 is 5.56 Å². The number of nitrogens with zero attached hydrogens (tertiary/aromatic N) is 2. The molecule has 1 N–H and O–H groups in total. The van der Waals surface area contributed by atoms with E-state index in [9.17, 15) is 4.79 Å². The van der Waals surface area contributed by atoms with E-state index in [1.807, 2.05) is 0 Å². The summed E-state index contributed by atoms with van der Waals surface area (Å²) in [7, 11) is 0. The normalized spacial score (nSPS) is 10.1. The predicted molar refractivity (Wildman–Crippen MR) is 39.9 cm³/mol. The van der Waals surface area contributed by atoms with E-state index in [0.717, 1.165) is 0 Å². The minimum atomic E-state index is -0.451. The van der Waals surface area contributed by atoms with Gasteiger partial charge in [-0.25, -0.2) is 0 Å². The first kappa shape index (κ1) is 7.78. The third kappa shape index (κ3) is 1.11. The summed E-state index contributed by atoms with van der Waals surface area (Å²) in [5.41, 5.74) is 1.02. The molecule has 0 fully saturated rings. The van der Waals surface area contributed by atoms with Crippen LogP contribution in [0.1, 0.15) is 17.1 Å². The van der Waals surface area contributed by atoms with E-state index < -0.39 is 5.56 Å². The lowest BCUT2D eigenvalue weighted by molar-refractivity contribution is 0.165. The summed E-state index contributed by atoms with van der Waals surface area (Å²) in [6, 6.07) is 0. The largest absolute Gasteiger partial charge is 0.425 e. The van der Waals surface area contributed by atoms with Crippen LogP contribution in [0.5, 0.6) is 0 Å². The second-order valence-electron chi connectivity index (χ2n) is 2.48. The molecule has 0 atom stereocenters. The molecule has 0 bridgehead atoms. The Balaban J connectivity index is 3.59. The fraction of sp³-hybridized carbons (Fsp3) is 0.429. The summed E-state index contributed by atoms with van der Waals surface area (Å²) in [4.78, 5) is 14.9. The lowest BCUT2D eigenvalue weighted by Gasteiger charge is -2.04. The maximum absolute atomic E-state index is 11.0. The number of hydrogen-bond acceptors (Lipinski definition) is 3. The van der Waals surface area contributed by atoms with Crippen molar-refractivity contribution in [1.29, 1.82) is 0 Å². The summed E-state index contributed by atoms with van der Waals surface area (Å²) in [5.74, 6) is 0. The van der Waals surface area contributed by atoms with E-state index in [1.165, 1.54) is 0 Å². The van der Waals surface area contributed by atoms with Crippen LogP contribution < -0.4 is 5.56 Å². The molecule has 4 nitrogen and oxygen atoms in total. The van der Waals surface area contributed by atoms with Crippen molar-refractivity contribution in [2.75, 3.05) is 0 Å². The van der Waals surface area contributed by atoms with Crippen molar-refractivity contribution in [2.24, 2.45) is 0 Å². The van der Waals surface area contributed by atoms with Gasteiger partial charge in [0, 0.05) is 0 Å². The molecule has 0 amide bonds. The zero-order valence-electron chi connectivity index (χ0n) is 6.75. The molecule has 1 aromatic heterocycles. The van der Waals surface area contributed by atoms with Crippen LogP contribution in [0.3, 0.4) is 0 Å². The van der Waals surface area contributed by atoms with Crippen molar-refractivity contribution in [3.63, 3.8) is 0 Å². The maximum atomic E-state index is 11.0. The lowest BCUT2D eigenvalue weighted by atomic mass is 10.3. The van der Waals surface area contributed by atoms with Gasteiger partial charge in [-0.1, -0.05) is 0 Å². The first-order valence-corrected chi connectivity index (χ1v) is 3.30. The molecule has 0 aliphatic carbocycles. The molecule has 0 aromatic carbocycles. The monoisotopic (exact) mass is 154 g/mol. The zero-order chi connectivity index (χ0) is 8.59. The molecule has 0 saturated heterocycles. The fourth-order valence-electron chi connectivity index (χ4n) is 0.839. The van der Waals surface area contributed by atoms with Gasteiger partial charge in [-0.15, -0.1) is 4.73 Å². The highest BCUT2D eigenvalue weighted by atomic mass is 16.5. The average Bonchev–Trinajstić information content (AvgIpc) is 1.97. The predicted octanol–water partition coefficient (Wildman–Crippen LogP) is 0.406. The first-order valence-electron chi connectivity index (χ1n) is 3.30. The van der Waals surface area contributed by atoms with E-state index in [0.29, 0.717) is 21.8 Å². The molecular formula is C7H10N2O2. The highest BCUT2D eigenvalue weighted by molar-refractivity contribution is 5.10. The van der Waals surface area contributed by atoms with Gasteiger partial charge in [0.25, 0.3) is 0 Å². The average molecular weight is 154 g/mol. The van der Waals surface area contributed by atoms with Crippen molar-refractivity contribution in [3.8, 4) is 0 Å². The molecule has 4 heteroatoms. The quantitative estimate of drug-likeness (QED) is 0.550. The van der Waals surface area contributed by atoms with Gasteiger partial charge in [0.2, 0.25) is 0 Å². The molecule has 60 valence electrons. The second kappa shape index (κ2) is 2.38. The van der Waals surface area contributed by atoms with E-state index >= 15 is 0 Å². The van der Waals surface area contributed by atoms with Crippen molar-refractivity contribution in [3.05, 3.63) is 27.4 Å². The molecular weight excluding hydrogens is 144 g/mol. The highest BCUT2D eigenvalue weighted by Gasteiger charge is 2.05. The van der Waals surface area contributed by atoms with Crippen LogP contribution in [0.15, 0.2) is 4.79 Å². The summed E-state index contributed by atoms with van der Waals surface area (Å²) in [6.45, 7) is 4.96. The first-order chi connectivity index (χ1) is 5.04. The number of hydrogen-bond donors (Lipinski definition) is 1. The van der Waals surface area contributed by atoms with Crippen molar-refractivity contribution >= 4 is 0 Å². The maximum Gasteiger partial charge on any atom is 0.304 e. The van der Waals surface area contributed by atoms with Gasteiger partial charge in [-0.2, -0.15) is 0 Å². The minimum absolute atomic E-state index is 0.315. The highest BCUT2D eigenvalue weighted by Crippen LogP contribution is 1.98. The van der Waals surface area contributed by atoms with Crippen LogP contribution in [0.4, 0.5) is 0 Å². The number of aromatic nitrogens is 2. The molecule has 11 heavy (non-hydrogen) atoms. The van der Waals surface area contributed by atoms with Gasteiger partial charge in [0.15, 0.2) is 0 Å². The number of rotatable bonds is 0. The minimum Gasteiger partial charge on any atom is -0.425 e. The molecule has 0 aliphatic heterocycles. The Labute approximate surface area is 64.1 Å². The van der Waals surface area contributed by atoms with Gasteiger partial charge in [-0.3, -0.25) is 9.78 Å². The molecule has 0 spiro atoms. The van der Waals surface area contributed by atoms with Crippen molar-refractivity contribution in [2.45, 2.75) is 20.8 Å². The molecule has 0 radical (unpaired) electrons. The summed E-state index contributed by atoms with van der Waals surface area (Å²) >= 11 is 0. The van der Waals surface area contributed by atoms with E-state index in [-0.39, 0.29) is 0 Å². The van der Waals surface area contributed by atoms with Crippen LogP contribution in [0.25, 0.3) is 0 Å². The second-order valence-corrected chi connectivity index (χ2v) is 2.48. The standard InChI is InChI=1S/C7H10N2O2/c1-4-6(3)9(11)7(10)5(2)8-4/h11H,1-3H3. The van der Waals surface area contributed by atoms with E-state index in [1.54, 1.807) is 20.8 Å². The van der Waals surface area contributed by atoms with Crippen molar-refractivity contribution in [1.82, 2.24) is 9.71 Å². The Morgan fingerprint density at radius 1 is 1.27 bits per heavy atom. The fourth-order valence-corrected chi connectivity index (χ4v) is 0.839. The van der Waals surface area contributed by atoms with E-state index in [4.69, 9.17) is 5.21 Å². The van der Waals surface area contributed by atoms with Crippen LogP contribution in [0.2, 0.25) is 0 Å². The van der Waals surface area contributed by atoms with Crippen LogP contribution in [0, 0.1) is 20.8 Å². The third-order valence-electron chi connectivity index (χ3n) is 1.68. The van der Waals surface area contributed by atoms with Gasteiger partial charge < -0.3 is 5.21 Å². The lowest BCUT2D eigenvalue weighted by Crippen LogP contribution is -2.24. The Morgan fingerprint density at radius 3 is 2.36 bits per heavy atom. The Bertz CT molecular complexity index is 341. The summed E-state index contributed by atoms with van der Waals surface area (Å²) in [5, 5.41) is 9.13. The Kier molecular flexibility index (Phi) is 1.68. The van der Waals surface area contributed by atoms with E-state index in [2.05, 4.69) is 4.98 Å². The van der Waals surface area contributed by atoms with Crippen molar-refractivity contribution < 1.29 is 5.21 Å². The van der Waals surface area contributed by atoms with Crippen LogP contribution in [-0.2, 0) is 0 Å². The van der Waals surface area contributed by atoms with Crippen LogP contribution in [-0.4, -0.2) is 14.9 Å². The smallest absolute Gasteiger partial charge is 0.304 e. The molecule has 0 saturated carbocycles. The van der Waals surface area contributed by atoms with Gasteiger partial charge in [0.1, 0.15) is 5.69 Å². The Hall–Kier alpha value is -1.32. The van der Waals surface area contributed by atoms with Gasteiger partial charge in [-0.05, 0) is 20.8 Å². The third-order valence-corrected chi connectivity index (χ3v) is 1.68. The van der Waals surface area contributed by atoms with Gasteiger partial charge in [0.05, 0.1) is 11.4 Å². The number of aryl methyl sites for hydroxylation is 2. The SMILES string of the molecule is Cc1nc(C)c(=O)n(O)c1C. The zero-order valence-corrected chi connectivity index (χ0v) is 6.75. The summed E-state index contributed by atoms with van der Waals surface area (Å²) in [6.07, 6.45) is 0. The van der Waals surface area contributed by atoms with Crippen LogP contribution >= 0.6 is 0 Å².